The Morgan fingerprint density at radius 3 is 3.18 bits per heavy atom. The van der Waals surface area contributed by atoms with Crippen molar-refractivity contribution >= 4 is 11.8 Å². The fourth-order valence-corrected chi connectivity index (χ4v) is 3.92. The van der Waals surface area contributed by atoms with Gasteiger partial charge in [0.1, 0.15) is 6.07 Å². The van der Waals surface area contributed by atoms with E-state index in [1.54, 1.807) is 0 Å². The fraction of sp³-hybridized carbons (Fsp3) is 0.667. The Bertz CT molecular complexity index is 442. The molecule has 1 saturated heterocycles. The zero-order chi connectivity index (χ0) is 11.7. The van der Waals surface area contributed by atoms with Gasteiger partial charge in [-0.25, -0.2) is 0 Å². The average molecular weight is 248 g/mol. The molecule has 0 N–H and O–H groups in total. The lowest BCUT2D eigenvalue weighted by Gasteiger charge is -2.26. The smallest absolute Gasteiger partial charge is 0.162 e. The normalized spacial score (nSPS) is 25.2. The van der Waals surface area contributed by atoms with Crippen LogP contribution in [0.25, 0.3) is 0 Å². The molecule has 3 heterocycles. The van der Waals surface area contributed by atoms with E-state index >= 15 is 0 Å². The van der Waals surface area contributed by atoms with Gasteiger partial charge in [-0.05, 0) is 24.7 Å². The molecule has 17 heavy (non-hydrogen) atoms. The molecule has 1 aromatic rings. The van der Waals surface area contributed by atoms with Gasteiger partial charge in [0.25, 0.3) is 0 Å². The molecule has 0 bridgehead atoms. The third-order valence-corrected chi connectivity index (χ3v) is 4.73. The van der Waals surface area contributed by atoms with E-state index in [2.05, 4.69) is 27.8 Å². The van der Waals surface area contributed by atoms with E-state index < -0.39 is 0 Å². The Kier molecular flexibility index (Phi) is 3.08. The van der Waals surface area contributed by atoms with Crippen LogP contribution >= 0.6 is 11.8 Å². The Morgan fingerprint density at radius 1 is 1.47 bits per heavy atom. The molecule has 5 heteroatoms. The van der Waals surface area contributed by atoms with Crippen LogP contribution in [0.3, 0.4) is 0 Å². The summed E-state index contributed by atoms with van der Waals surface area (Å²) in [4.78, 5) is 2.57. The van der Waals surface area contributed by atoms with Crippen LogP contribution in [0.2, 0.25) is 0 Å². The Balaban J connectivity index is 1.80. The molecular formula is C12H16N4S. The van der Waals surface area contributed by atoms with E-state index in [-0.39, 0.29) is 0 Å². The highest BCUT2D eigenvalue weighted by atomic mass is 32.2. The van der Waals surface area contributed by atoms with Crippen molar-refractivity contribution in [3.05, 3.63) is 17.5 Å². The van der Waals surface area contributed by atoms with Gasteiger partial charge in [-0.15, -0.1) is 0 Å². The highest BCUT2D eigenvalue weighted by molar-refractivity contribution is 7.99. The molecule has 90 valence electrons. The van der Waals surface area contributed by atoms with Crippen molar-refractivity contribution in [1.82, 2.24) is 14.7 Å². The topological polar surface area (TPSA) is 44.9 Å². The van der Waals surface area contributed by atoms with E-state index in [4.69, 9.17) is 5.26 Å². The zero-order valence-corrected chi connectivity index (χ0v) is 10.6. The second kappa shape index (κ2) is 4.71. The van der Waals surface area contributed by atoms with E-state index in [1.165, 1.54) is 23.6 Å². The van der Waals surface area contributed by atoms with Gasteiger partial charge >= 0.3 is 0 Å². The minimum atomic E-state index is 0.558. The molecule has 1 atom stereocenters. The van der Waals surface area contributed by atoms with E-state index in [0.29, 0.717) is 5.69 Å². The van der Waals surface area contributed by atoms with Gasteiger partial charge < -0.3 is 0 Å². The summed E-state index contributed by atoms with van der Waals surface area (Å²) in [5.41, 5.74) is 1.76. The molecule has 1 aromatic heterocycles. The van der Waals surface area contributed by atoms with Gasteiger partial charge in [-0.2, -0.15) is 22.1 Å². The Labute approximate surface area is 106 Å². The van der Waals surface area contributed by atoms with Crippen LogP contribution in [0, 0.1) is 11.3 Å². The lowest BCUT2D eigenvalue weighted by Crippen LogP contribution is -2.34. The van der Waals surface area contributed by atoms with Crippen molar-refractivity contribution in [3.63, 3.8) is 0 Å². The number of nitriles is 1. The van der Waals surface area contributed by atoms with Crippen LogP contribution in [0.4, 0.5) is 0 Å². The van der Waals surface area contributed by atoms with Crippen LogP contribution < -0.4 is 0 Å². The summed E-state index contributed by atoms with van der Waals surface area (Å²) in [6.07, 6.45) is 2.45. The minimum Gasteiger partial charge on any atom is -0.294 e. The van der Waals surface area contributed by atoms with Gasteiger partial charge in [0, 0.05) is 31.4 Å². The summed E-state index contributed by atoms with van der Waals surface area (Å²) in [5, 5.41) is 13.2. The number of aryl methyl sites for hydroxylation is 1. The molecule has 3 rings (SSSR count). The van der Waals surface area contributed by atoms with Crippen LogP contribution in [-0.4, -0.2) is 38.8 Å². The highest BCUT2D eigenvalue weighted by Crippen LogP contribution is 2.25. The van der Waals surface area contributed by atoms with Crippen molar-refractivity contribution in [3.8, 4) is 6.07 Å². The maximum absolute atomic E-state index is 8.89. The first kappa shape index (κ1) is 11.1. The van der Waals surface area contributed by atoms with E-state index in [9.17, 15) is 0 Å². The summed E-state index contributed by atoms with van der Waals surface area (Å²) < 4.78 is 2.01. The number of hydrogen-bond donors (Lipinski definition) is 0. The maximum atomic E-state index is 8.89. The monoisotopic (exact) mass is 248 g/mol. The largest absolute Gasteiger partial charge is 0.294 e. The van der Waals surface area contributed by atoms with Crippen molar-refractivity contribution in [2.24, 2.45) is 0 Å². The second-order valence-corrected chi connectivity index (χ2v) is 5.85. The Hall–Kier alpha value is -0.990. The molecule has 4 nitrogen and oxygen atoms in total. The van der Waals surface area contributed by atoms with Crippen LogP contribution in [0.5, 0.6) is 0 Å². The maximum Gasteiger partial charge on any atom is 0.162 e. The molecule has 0 spiro atoms. The van der Waals surface area contributed by atoms with Gasteiger partial charge in [-0.3, -0.25) is 9.58 Å². The first-order chi connectivity index (χ1) is 8.36. The van der Waals surface area contributed by atoms with Crippen LogP contribution in [-0.2, 0) is 13.1 Å². The first-order valence-corrected chi connectivity index (χ1v) is 7.31. The second-order valence-electron chi connectivity index (χ2n) is 4.70. The highest BCUT2D eigenvalue weighted by Gasteiger charge is 2.25. The predicted octanol–water partition coefficient (Wildman–Crippen LogP) is 1.47. The SMILES string of the molecule is N#Cc1cc2n(n1)CCCN([C@H]1CCSC1)C2. The van der Waals surface area contributed by atoms with E-state index in [1.807, 2.05) is 10.7 Å². The molecule has 2 aliphatic heterocycles. The number of rotatable bonds is 1. The standard InChI is InChI=1S/C12H16N4S/c13-7-10-6-12-8-15(11-2-5-17-9-11)3-1-4-16(12)14-10/h6,11H,1-5,8-9H2/t11-/m0/s1. The van der Waals surface area contributed by atoms with Gasteiger partial charge in [0.05, 0.1) is 5.69 Å². The number of nitrogens with zero attached hydrogens (tertiary/aromatic N) is 4. The van der Waals surface area contributed by atoms with Gasteiger partial charge in [0.15, 0.2) is 5.69 Å². The number of thioether (sulfide) groups is 1. The summed E-state index contributed by atoms with van der Waals surface area (Å²) in [7, 11) is 0. The summed E-state index contributed by atoms with van der Waals surface area (Å²) in [6, 6.07) is 4.81. The molecule has 0 amide bonds. The molecule has 0 unspecified atom stereocenters. The van der Waals surface area contributed by atoms with E-state index in [0.717, 1.165) is 32.1 Å². The molecule has 0 aromatic carbocycles. The van der Waals surface area contributed by atoms with Crippen LogP contribution in [0.1, 0.15) is 24.2 Å². The zero-order valence-electron chi connectivity index (χ0n) is 9.80. The van der Waals surface area contributed by atoms with Crippen molar-refractivity contribution < 1.29 is 0 Å². The lowest BCUT2D eigenvalue weighted by atomic mass is 10.2. The predicted molar refractivity (Wildman–Crippen MR) is 67.7 cm³/mol. The van der Waals surface area contributed by atoms with Crippen LogP contribution in [0.15, 0.2) is 6.07 Å². The number of hydrogen-bond acceptors (Lipinski definition) is 4. The molecular weight excluding hydrogens is 232 g/mol. The average Bonchev–Trinajstić information content (AvgIpc) is 2.95. The Morgan fingerprint density at radius 2 is 2.41 bits per heavy atom. The summed E-state index contributed by atoms with van der Waals surface area (Å²) in [6.45, 7) is 3.07. The molecule has 0 saturated carbocycles. The molecule has 2 aliphatic rings. The lowest BCUT2D eigenvalue weighted by molar-refractivity contribution is 0.207. The third kappa shape index (κ3) is 2.20. The summed E-state index contributed by atoms with van der Waals surface area (Å²) >= 11 is 2.06. The fourth-order valence-electron chi connectivity index (χ4n) is 2.66. The minimum absolute atomic E-state index is 0.558. The third-order valence-electron chi connectivity index (χ3n) is 3.58. The van der Waals surface area contributed by atoms with Gasteiger partial charge in [-0.1, -0.05) is 0 Å². The summed E-state index contributed by atoms with van der Waals surface area (Å²) in [5.74, 6) is 2.56. The van der Waals surface area contributed by atoms with Gasteiger partial charge in [0.2, 0.25) is 0 Å². The quantitative estimate of drug-likeness (QED) is 0.755. The molecule has 0 radical (unpaired) electrons. The first-order valence-electron chi connectivity index (χ1n) is 6.15. The number of fused-ring (bicyclic) bond motifs is 1. The van der Waals surface area contributed by atoms with Crippen molar-refractivity contribution in [2.75, 3.05) is 18.1 Å². The van der Waals surface area contributed by atoms with Crippen molar-refractivity contribution in [2.45, 2.75) is 32.0 Å². The molecule has 0 aliphatic carbocycles. The molecule has 1 fully saturated rings. The number of aromatic nitrogens is 2. The van der Waals surface area contributed by atoms with Crippen molar-refractivity contribution in [1.29, 1.82) is 5.26 Å².